The molecule has 71 heavy (non-hydrogen) atoms. The maximum absolute atomic E-state index is 13.1. The van der Waals surface area contributed by atoms with Gasteiger partial charge in [0.2, 0.25) is 0 Å². The molecule has 0 spiro atoms. The zero-order chi connectivity index (χ0) is 51.8. The van der Waals surface area contributed by atoms with E-state index in [1.165, 1.54) is 51.4 Å². The lowest BCUT2D eigenvalue weighted by Gasteiger charge is -2.40. The van der Waals surface area contributed by atoms with Crippen molar-refractivity contribution in [3.8, 4) is 0 Å². The van der Waals surface area contributed by atoms with Crippen LogP contribution in [0.1, 0.15) is 239 Å². The summed E-state index contributed by atoms with van der Waals surface area (Å²) < 4.78 is 28.3. The standard InChI is InChI=1S/C59H100O12/c1-4-7-10-13-16-19-22-24-26-28-31-33-36-39-42-45-51(60)67-48-50(69-52(61)46-43-40-37-35-32-29-27-25-23-20-17-14-11-8-5-2)49-68-59-57(55(64)54(63)56(71-59)58(65)66)70-53(62)47-44-41-38-34-30-21-18-15-12-9-6-3/h15-20,24-27,50,54-57,59,63-64H,4-14,21-23,28-49H2,1-3H3,(H,65,66)/b18-15-,19-16-,20-17-,26-24-,27-25-. The summed E-state index contributed by atoms with van der Waals surface area (Å²) in [6.45, 7) is 5.86. The Morgan fingerprint density at radius 1 is 0.465 bits per heavy atom. The zero-order valence-corrected chi connectivity index (χ0v) is 44.7. The third kappa shape index (κ3) is 37.8. The maximum atomic E-state index is 13.1. The van der Waals surface area contributed by atoms with Crippen LogP contribution in [0.5, 0.6) is 0 Å². The van der Waals surface area contributed by atoms with E-state index >= 15 is 0 Å². The van der Waals surface area contributed by atoms with Gasteiger partial charge in [-0.15, -0.1) is 0 Å². The Balaban J connectivity index is 2.73. The van der Waals surface area contributed by atoms with E-state index in [0.717, 1.165) is 128 Å². The first-order valence-electron chi connectivity index (χ1n) is 28.3. The normalized spacial score (nSPS) is 18.9. The summed E-state index contributed by atoms with van der Waals surface area (Å²) >= 11 is 0. The number of carboxylic acids is 1. The van der Waals surface area contributed by atoms with E-state index in [2.05, 4.69) is 81.5 Å². The maximum Gasteiger partial charge on any atom is 0.335 e. The molecule has 1 aliphatic rings. The Kier molecular flexibility index (Phi) is 43.7. The highest BCUT2D eigenvalue weighted by molar-refractivity contribution is 5.74. The van der Waals surface area contributed by atoms with Crippen LogP contribution >= 0.6 is 0 Å². The predicted octanol–water partition coefficient (Wildman–Crippen LogP) is 14.0. The average Bonchev–Trinajstić information content (AvgIpc) is 3.35. The zero-order valence-electron chi connectivity index (χ0n) is 44.7. The number of carbonyl (C=O) groups excluding carboxylic acids is 3. The first-order chi connectivity index (χ1) is 34.6. The number of aliphatic carboxylic acids is 1. The van der Waals surface area contributed by atoms with Crippen LogP contribution in [0.25, 0.3) is 0 Å². The molecule has 3 N–H and O–H groups in total. The second kappa shape index (κ2) is 47.4. The van der Waals surface area contributed by atoms with Crippen molar-refractivity contribution in [2.45, 2.75) is 276 Å². The number of hydrogen-bond acceptors (Lipinski definition) is 11. The van der Waals surface area contributed by atoms with Crippen molar-refractivity contribution < 1.29 is 58.2 Å². The van der Waals surface area contributed by atoms with E-state index in [4.69, 9.17) is 23.7 Å². The minimum Gasteiger partial charge on any atom is -0.479 e. The minimum absolute atomic E-state index is 0.0460. The highest BCUT2D eigenvalue weighted by Crippen LogP contribution is 2.26. The molecule has 0 aliphatic carbocycles. The summed E-state index contributed by atoms with van der Waals surface area (Å²) in [5.41, 5.74) is 0. The van der Waals surface area contributed by atoms with E-state index in [-0.39, 0.29) is 25.9 Å². The van der Waals surface area contributed by atoms with Crippen LogP contribution < -0.4 is 0 Å². The fraction of sp³-hybridized carbons (Fsp3) is 0.763. The highest BCUT2D eigenvalue weighted by atomic mass is 16.7. The smallest absolute Gasteiger partial charge is 0.335 e. The lowest BCUT2D eigenvalue weighted by Crippen LogP contribution is -2.61. The lowest BCUT2D eigenvalue weighted by atomic mass is 9.98. The summed E-state index contributed by atoms with van der Waals surface area (Å²) in [6.07, 6.45) is 44.8. The fourth-order valence-electron chi connectivity index (χ4n) is 8.11. The molecule has 12 nitrogen and oxygen atoms in total. The van der Waals surface area contributed by atoms with Gasteiger partial charge in [0.25, 0.3) is 0 Å². The van der Waals surface area contributed by atoms with E-state index in [1.807, 2.05) is 0 Å². The molecule has 0 aromatic rings. The molecule has 0 radical (unpaired) electrons. The monoisotopic (exact) mass is 1000 g/mol. The Labute approximate surface area is 430 Å². The number of allylic oxidation sites excluding steroid dienone is 10. The Morgan fingerprint density at radius 2 is 0.859 bits per heavy atom. The number of carboxylic acid groups (broad SMARTS) is 1. The molecular weight excluding hydrogens is 901 g/mol. The molecule has 0 bridgehead atoms. The number of rotatable bonds is 47. The molecule has 1 rings (SSSR count). The molecule has 408 valence electrons. The molecule has 0 aromatic carbocycles. The van der Waals surface area contributed by atoms with Crippen molar-refractivity contribution in [1.29, 1.82) is 0 Å². The summed E-state index contributed by atoms with van der Waals surface area (Å²) in [5.74, 6) is -3.17. The van der Waals surface area contributed by atoms with Crippen molar-refractivity contribution in [1.82, 2.24) is 0 Å². The van der Waals surface area contributed by atoms with Crippen molar-refractivity contribution in [3.05, 3.63) is 60.8 Å². The van der Waals surface area contributed by atoms with Crippen molar-refractivity contribution in [3.63, 3.8) is 0 Å². The van der Waals surface area contributed by atoms with Gasteiger partial charge in [-0.05, 0) is 103 Å². The highest BCUT2D eigenvalue weighted by Gasteiger charge is 2.50. The lowest BCUT2D eigenvalue weighted by molar-refractivity contribution is -0.301. The number of ether oxygens (including phenoxy) is 5. The SMILES string of the molecule is CCCC/C=C\CCCCCCCC(=O)OC1C(OCC(COC(=O)CCCCCCC/C=C\C/C=C\CCCCC)OC(=O)CCCCCCC/C=C\C/C=C\CCCCC)OC(C(=O)O)C(O)C1O. The quantitative estimate of drug-likeness (QED) is 0.0228. The number of aliphatic hydroxyl groups is 2. The molecule has 6 atom stereocenters. The third-order valence-electron chi connectivity index (χ3n) is 12.5. The Bertz CT molecular complexity index is 1470. The topological polar surface area (TPSA) is 175 Å². The number of carbonyl (C=O) groups is 4. The van der Waals surface area contributed by atoms with E-state index in [9.17, 15) is 34.5 Å². The first kappa shape index (κ1) is 65.4. The molecular formula is C59H100O12. The van der Waals surface area contributed by atoms with Crippen molar-refractivity contribution in [2.24, 2.45) is 0 Å². The molecule has 0 aromatic heterocycles. The van der Waals surface area contributed by atoms with E-state index < -0.39 is 67.3 Å². The average molecular weight is 1000 g/mol. The number of aliphatic hydroxyl groups excluding tert-OH is 2. The van der Waals surface area contributed by atoms with Gasteiger partial charge in [0.15, 0.2) is 24.6 Å². The van der Waals surface area contributed by atoms with Gasteiger partial charge in [-0.25, -0.2) is 4.79 Å². The first-order valence-corrected chi connectivity index (χ1v) is 28.3. The number of unbranched alkanes of at least 4 members (excludes halogenated alkanes) is 23. The molecule has 1 aliphatic heterocycles. The van der Waals surface area contributed by atoms with Crippen LogP contribution in [-0.4, -0.2) is 89.2 Å². The van der Waals surface area contributed by atoms with Crippen molar-refractivity contribution >= 4 is 23.9 Å². The van der Waals surface area contributed by atoms with Gasteiger partial charge in [0, 0.05) is 19.3 Å². The second-order valence-corrected chi connectivity index (χ2v) is 19.2. The molecule has 1 saturated heterocycles. The fourth-order valence-corrected chi connectivity index (χ4v) is 8.11. The summed E-state index contributed by atoms with van der Waals surface area (Å²) in [5, 5.41) is 31.4. The second-order valence-electron chi connectivity index (χ2n) is 19.2. The van der Waals surface area contributed by atoms with E-state index in [1.54, 1.807) is 0 Å². The molecule has 0 amide bonds. The predicted molar refractivity (Wildman–Crippen MR) is 285 cm³/mol. The molecule has 1 fully saturated rings. The van der Waals surface area contributed by atoms with Gasteiger partial charge < -0.3 is 39.0 Å². The molecule has 1 heterocycles. The minimum atomic E-state index is -1.91. The van der Waals surface area contributed by atoms with Crippen LogP contribution in [0, 0.1) is 0 Å². The van der Waals surface area contributed by atoms with Crippen molar-refractivity contribution in [2.75, 3.05) is 13.2 Å². The van der Waals surface area contributed by atoms with Gasteiger partial charge in [0.05, 0.1) is 6.61 Å². The van der Waals surface area contributed by atoms with Gasteiger partial charge in [-0.3, -0.25) is 14.4 Å². The number of esters is 3. The van der Waals surface area contributed by atoms with Gasteiger partial charge >= 0.3 is 23.9 Å². The van der Waals surface area contributed by atoms with Gasteiger partial charge in [-0.2, -0.15) is 0 Å². The van der Waals surface area contributed by atoms with Gasteiger partial charge in [0.1, 0.15) is 18.8 Å². The molecule has 6 unspecified atom stereocenters. The molecule has 12 heteroatoms. The largest absolute Gasteiger partial charge is 0.479 e. The Hall–Kier alpha value is -3.58. The van der Waals surface area contributed by atoms with Gasteiger partial charge in [-0.1, -0.05) is 178 Å². The Morgan fingerprint density at radius 3 is 1.32 bits per heavy atom. The van der Waals surface area contributed by atoms with Crippen LogP contribution in [0.2, 0.25) is 0 Å². The summed E-state index contributed by atoms with van der Waals surface area (Å²) in [4.78, 5) is 51.0. The number of hydrogen-bond donors (Lipinski definition) is 3. The summed E-state index contributed by atoms with van der Waals surface area (Å²) in [7, 11) is 0. The summed E-state index contributed by atoms with van der Waals surface area (Å²) in [6, 6.07) is 0. The van der Waals surface area contributed by atoms with Crippen LogP contribution in [0.4, 0.5) is 0 Å². The van der Waals surface area contributed by atoms with Crippen LogP contribution in [0.15, 0.2) is 60.8 Å². The third-order valence-corrected chi connectivity index (χ3v) is 12.5. The van der Waals surface area contributed by atoms with Crippen LogP contribution in [0.3, 0.4) is 0 Å². The molecule has 0 saturated carbocycles. The van der Waals surface area contributed by atoms with E-state index in [0.29, 0.717) is 19.3 Å². The van der Waals surface area contributed by atoms with Crippen LogP contribution in [-0.2, 0) is 42.9 Å².